The van der Waals surface area contributed by atoms with Gasteiger partial charge < -0.3 is 10.1 Å². The van der Waals surface area contributed by atoms with Crippen molar-refractivity contribution in [2.45, 2.75) is 13.8 Å². The summed E-state index contributed by atoms with van der Waals surface area (Å²) >= 11 is 0. The second kappa shape index (κ2) is 9.20. The van der Waals surface area contributed by atoms with Crippen LogP contribution in [0.3, 0.4) is 0 Å². The molecule has 0 bridgehead atoms. The van der Waals surface area contributed by atoms with Gasteiger partial charge in [-0.3, -0.25) is 4.79 Å². The molecule has 1 N–H and O–H groups in total. The summed E-state index contributed by atoms with van der Waals surface area (Å²) in [6.07, 6.45) is 0. The summed E-state index contributed by atoms with van der Waals surface area (Å²) in [7, 11) is 0. The van der Waals surface area contributed by atoms with Crippen molar-refractivity contribution in [1.82, 2.24) is 4.98 Å². The van der Waals surface area contributed by atoms with E-state index in [1.54, 1.807) is 0 Å². The lowest BCUT2D eigenvalue weighted by molar-refractivity contribution is 0.102. The number of rotatable bonds is 5. The highest BCUT2D eigenvalue weighted by Gasteiger charge is 2.15. The van der Waals surface area contributed by atoms with E-state index >= 15 is 0 Å². The van der Waals surface area contributed by atoms with Crippen molar-refractivity contribution in [2.75, 3.05) is 5.32 Å². The zero-order chi connectivity index (χ0) is 23.5. The van der Waals surface area contributed by atoms with Crippen LogP contribution in [0.15, 0.2) is 103 Å². The van der Waals surface area contributed by atoms with Crippen molar-refractivity contribution in [2.24, 2.45) is 0 Å². The number of hydrogen-bond acceptors (Lipinski definition) is 3. The highest BCUT2D eigenvalue weighted by molar-refractivity contribution is 6.13. The van der Waals surface area contributed by atoms with E-state index in [1.807, 2.05) is 91.0 Å². The number of hydrogen-bond donors (Lipinski definition) is 1. The first-order valence-electron chi connectivity index (χ1n) is 11.2. The average Bonchev–Trinajstić information content (AvgIpc) is 2.87. The van der Waals surface area contributed by atoms with Gasteiger partial charge in [0.05, 0.1) is 16.8 Å². The molecule has 1 amide bonds. The smallest absolute Gasteiger partial charge is 0.256 e. The molecule has 1 aromatic heterocycles. The molecule has 0 aliphatic carbocycles. The maximum atomic E-state index is 13.3. The summed E-state index contributed by atoms with van der Waals surface area (Å²) in [4.78, 5) is 18.2. The molecule has 0 unspecified atom stereocenters. The van der Waals surface area contributed by atoms with Gasteiger partial charge in [0, 0.05) is 16.6 Å². The quantitative estimate of drug-likeness (QED) is 0.304. The topological polar surface area (TPSA) is 51.2 Å². The Bertz CT molecular complexity index is 1480. The van der Waals surface area contributed by atoms with E-state index in [1.165, 1.54) is 11.1 Å². The molecule has 0 aliphatic rings. The van der Waals surface area contributed by atoms with Gasteiger partial charge in [-0.15, -0.1) is 0 Å². The largest absolute Gasteiger partial charge is 0.457 e. The standard InChI is InChI=1S/C30H24N2O2/c1-20-12-13-22(18-21(20)2)29-19-27(26-10-6-7-11-28(26)32-29)30(33)31-23-14-16-25(17-15-23)34-24-8-4-3-5-9-24/h3-19H,1-2H3,(H,31,33). The number of aryl methyl sites for hydroxylation is 2. The van der Waals surface area contributed by atoms with Crippen LogP contribution in [0.4, 0.5) is 5.69 Å². The van der Waals surface area contributed by atoms with Crippen molar-refractivity contribution in [1.29, 1.82) is 0 Å². The van der Waals surface area contributed by atoms with Crippen LogP contribution in [0.5, 0.6) is 11.5 Å². The number of nitrogens with one attached hydrogen (secondary N) is 1. The summed E-state index contributed by atoms with van der Waals surface area (Å²) < 4.78 is 5.84. The average molecular weight is 445 g/mol. The van der Waals surface area contributed by atoms with Crippen LogP contribution < -0.4 is 10.1 Å². The van der Waals surface area contributed by atoms with Crippen LogP contribution in [0.1, 0.15) is 21.5 Å². The second-order valence-electron chi connectivity index (χ2n) is 8.26. The Labute approximate surface area is 198 Å². The van der Waals surface area contributed by atoms with Crippen LogP contribution in [0.2, 0.25) is 0 Å². The number of para-hydroxylation sites is 2. The number of ether oxygens (including phenoxy) is 1. The van der Waals surface area contributed by atoms with Gasteiger partial charge in [0.2, 0.25) is 0 Å². The minimum absolute atomic E-state index is 0.180. The first-order valence-corrected chi connectivity index (χ1v) is 11.2. The molecule has 34 heavy (non-hydrogen) atoms. The summed E-state index contributed by atoms with van der Waals surface area (Å²) in [6, 6.07) is 32.8. The van der Waals surface area contributed by atoms with Gasteiger partial charge in [0.1, 0.15) is 11.5 Å². The molecule has 5 rings (SSSR count). The number of carbonyl (C=O) groups excluding carboxylic acids is 1. The number of pyridine rings is 1. The van der Waals surface area contributed by atoms with Gasteiger partial charge in [-0.05, 0) is 79.6 Å². The summed E-state index contributed by atoms with van der Waals surface area (Å²) in [5.74, 6) is 1.29. The molecule has 4 aromatic carbocycles. The van der Waals surface area contributed by atoms with E-state index in [4.69, 9.17) is 9.72 Å². The lowest BCUT2D eigenvalue weighted by Gasteiger charge is -2.12. The van der Waals surface area contributed by atoms with Gasteiger partial charge in [-0.25, -0.2) is 4.98 Å². The number of benzene rings is 4. The fourth-order valence-corrected chi connectivity index (χ4v) is 3.84. The monoisotopic (exact) mass is 444 g/mol. The number of amides is 1. The third-order valence-corrected chi connectivity index (χ3v) is 5.85. The van der Waals surface area contributed by atoms with Gasteiger partial charge in [0.25, 0.3) is 5.91 Å². The maximum Gasteiger partial charge on any atom is 0.256 e. The number of carbonyl (C=O) groups is 1. The number of aromatic nitrogens is 1. The van der Waals surface area contributed by atoms with E-state index in [2.05, 4.69) is 31.3 Å². The van der Waals surface area contributed by atoms with Crippen molar-refractivity contribution >= 4 is 22.5 Å². The van der Waals surface area contributed by atoms with Crippen molar-refractivity contribution in [3.05, 3.63) is 120 Å². The van der Waals surface area contributed by atoms with E-state index in [-0.39, 0.29) is 5.91 Å². The minimum Gasteiger partial charge on any atom is -0.457 e. The first kappa shape index (κ1) is 21.4. The lowest BCUT2D eigenvalue weighted by atomic mass is 10.0. The summed E-state index contributed by atoms with van der Waals surface area (Å²) in [5.41, 5.74) is 6.25. The molecule has 0 radical (unpaired) electrons. The summed E-state index contributed by atoms with van der Waals surface area (Å²) in [5, 5.41) is 3.83. The predicted molar refractivity (Wildman–Crippen MR) is 138 cm³/mol. The SMILES string of the molecule is Cc1ccc(-c2cc(C(=O)Nc3ccc(Oc4ccccc4)cc3)c3ccccc3n2)cc1C. The van der Waals surface area contributed by atoms with Crippen LogP contribution in [-0.4, -0.2) is 10.9 Å². The Hall–Kier alpha value is -4.44. The second-order valence-corrected chi connectivity index (χ2v) is 8.26. The number of nitrogens with zero attached hydrogens (tertiary/aromatic N) is 1. The van der Waals surface area contributed by atoms with Crippen LogP contribution in [0.25, 0.3) is 22.2 Å². The molecule has 4 heteroatoms. The third kappa shape index (κ3) is 4.52. The molecule has 5 aromatic rings. The third-order valence-electron chi connectivity index (χ3n) is 5.85. The molecule has 1 heterocycles. The Morgan fingerprint density at radius 2 is 1.44 bits per heavy atom. The lowest BCUT2D eigenvalue weighted by Crippen LogP contribution is -2.13. The molecule has 166 valence electrons. The summed E-state index contributed by atoms with van der Waals surface area (Å²) in [6.45, 7) is 4.17. The van der Waals surface area contributed by atoms with Crippen molar-refractivity contribution in [3.63, 3.8) is 0 Å². The number of fused-ring (bicyclic) bond motifs is 1. The van der Waals surface area contributed by atoms with E-state index in [9.17, 15) is 4.79 Å². The molecule has 4 nitrogen and oxygen atoms in total. The molecular formula is C30H24N2O2. The number of anilines is 1. The van der Waals surface area contributed by atoms with Gasteiger partial charge in [0.15, 0.2) is 0 Å². The molecule has 0 aliphatic heterocycles. The first-order chi connectivity index (χ1) is 16.6. The Balaban J connectivity index is 1.44. The predicted octanol–water partition coefficient (Wildman–Crippen LogP) is 7.56. The Morgan fingerprint density at radius 3 is 2.21 bits per heavy atom. The van der Waals surface area contributed by atoms with Gasteiger partial charge in [-0.1, -0.05) is 48.5 Å². The fraction of sp³-hybridized carbons (Fsp3) is 0.0667. The van der Waals surface area contributed by atoms with E-state index in [0.717, 1.165) is 27.9 Å². The zero-order valence-electron chi connectivity index (χ0n) is 19.1. The van der Waals surface area contributed by atoms with Crippen LogP contribution >= 0.6 is 0 Å². The minimum atomic E-state index is -0.180. The van der Waals surface area contributed by atoms with Crippen LogP contribution in [-0.2, 0) is 0 Å². The highest BCUT2D eigenvalue weighted by Crippen LogP contribution is 2.28. The molecule has 0 spiro atoms. The van der Waals surface area contributed by atoms with Gasteiger partial charge in [-0.2, -0.15) is 0 Å². The van der Waals surface area contributed by atoms with E-state index in [0.29, 0.717) is 17.0 Å². The van der Waals surface area contributed by atoms with Crippen LogP contribution in [0, 0.1) is 13.8 Å². The Morgan fingerprint density at radius 1 is 0.735 bits per heavy atom. The van der Waals surface area contributed by atoms with E-state index < -0.39 is 0 Å². The van der Waals surface area contributed by atoms with Gasteiger partial charge >= 0.3 is 0 Å². The molecule has 0 fully saturated rings. The highest BCUT2D eigenvalue weighted by atomic mass is 16.5. The zero-order valence-corrected chi connectivity index (χ0v) is 19.1. The Kier molecular flexibility index (Phi) is 5.79. The molecular weight excluding hydrogens is 420 g/mol. The normalized spacial score (nSPS) is 10.8. The maximum absolute atomic E-state index is 13.3. The van der Waals surface area contributed by atoms with Crippen molar-refractivity contribution < 1.29 is 9.53 Å². The molecule has 0 saturated heterocycles. The van der Waals surface area contributed by atoms with Crippen molar-refractivity contribution in [3.8, 4) is 22.8 Å². The molecule has 0 atom stereocenters. The molecule has 0 saturated carbocycles. The fourth-order valence-electron chi connectivity index (χ4n) is 3.84.